The smallest absolute Gasteiger partial charge is 0.147 e. The van der Waals surface area contributed by atoms with E-state index < -0.39 is 27.5 Å². The van der Waals surface area contributed by atoms with Gasteiger partial charge in [-0.2, -0.15) is 0 Å². The van der Waals surface area contributed by atoms with Crippen LogP contribution in [0.1, 0.15) is 18.0 Å². The summed E-state index contributed by atoms with van der Waals surface area (Å²) in [5, 5.41) is -0.332. The third-order valence-electron chi connectivity index (χ3n) is 2.24. The summed E-state index contributed by atoms with van der Waals surface area (Å²) in [6.45, 7) is 0. The molecular weight excluding hydrogens is 272 g/mol. The van der Waals surface area contributed by atoms with Gasteiger partial charge in [0.05, 0.1) is 10.8 Å². The topological polar surface area (TPSA) is 60.2 Å². The van der Waals surface area contributed by atoms with Crippen LogP contribution in [0.5, 0.6) is 0 Å². The van der Waals surface area contributed by atoms with Crippen LogP contribution < -0.4 is 5.73 Å². The Morgan fingerprint density at radius 1 is 1.35 bits per heavy atom. The van der Waals surface area contributed by atoms with Gasteiger partial charge in [-0.3, -0.25) is 0 Å². The molecule has 0 radical (unpaired) electrons. The Morgan fingerprint density at radius 2 is 1.94 bits per heavy atom. The Bertz CT molecular complexity index is 519. The van der Waals surface area contributed by atoms with Gasteiger partial charge in [-0.15, -0.1) is 0 Å². The average molecular weight is 284 g/mol. The third-order valence-corrected chi connectivity index (χ3v) is 3.51. The van der Waals surface area contributed by atoms with Crippen molar-refractivity contribution in [2.75, 3.05) is 12.0 Å². The number of nitrogens with two attached hydrogens (primary N) is 1. The van der Waals surface area contributed by atoms with Crippen LogP contribution in [0.15, 0.2) is 12.1 Å². The summed E-state index contributed by atoms with van der Waals surface area (Å²) in [6.07, 6.45) is 1.08. The zero-order valence-corrected chi connectivity index (χ0v) is 10.7. The van der Waals surface area contributed by atoms with Crippen LogP contribution in [-0.2, 0) is 9.84 Å². The monoisotopic (exact) mass is 283 g/mol. The SMILES string of the molecule is CS(=O)(=O)CCC(N)c1cc(F)c(Cl)cc1F. The first kappa shape index (κ1) is 14.3. The molecule has 0 amide bonds. The highest BCUT2D eigenvalue weighted by atomic mass is 35.5. The van der Waals surface area contributed by atoms with Gasteiger partial charge in [-0.25, -0.2) is 17.2 Å². The summed E-state index contributed by atoms with van der Waals surface area (Å²) in [5.41, 5.74) is 5.53. The zero-order valence-electron chi connectivity index (χ0n) is 9.08. The van der Waals surface area contributed by atoms with E-state index in [0.29, 0.717) is 0 Å². The van der Waals surface area contributed by atoms with Crippen LogP contribution >= 0.6 is 11.6 Å². The van der Waals surface area contributed by atoms with Crippen molar-refractivity contribution in [1.29, 1.82) is 0 Å². The van der Waals surface area contributed by atoms with Crippen molar-refractivity contribution < 1.29 is 17.2 Å². The van der Waals surface area contributed by atoms with Gasteiger partial charge in [0.25, 0.3) is 0 Å². The largest absolute Gasteiger partial charge is 0.324 e. The summed E-state index contributed by atoms with van der Waals surface area (Å²) < 4.78 is 48.4. The van der Waals surface area contributed by atoms with E-state index in [4.69, 9.17) is 17.3 Å². The maximum Gasteiger partial charge on any atom is 0.147 e. The van der Waals surface area contributed by atoms with Crippen molar-refractivity contribution in [3.8, 4) is 0 Å². The van der Waals surface area contributed by atoms with Crippen LogP contribution in [0.3, 0.4) is 0 Å². The second kappa shape index (κ2) is 5.29. The summed E-state index contributed by atoms with van der Waals surface area (Å²) in [6, 6.07) is 0.841. The zero-order chi connectivity index (χ0) is 13.2. The number of rotatable bonds is 4. The lowest BCUT2D eigenvalue weighted by Gasteiger charge is -2.12. The minimum atomic E-state index is -3.18. The number of hydrogen-bond acceptors (Lipinski definition) is 3. The molecule has 0 saturated carbocycles. The number of hydrogen-bond donors (Lipinski definition) is 1. The second-order valence-electron chi connectivity index (χ2n) is 3.81. The van der Waals surface area contributed by atoms with Gasteiger partial charge in [-0.05, 0) is 18.6 Å². The van der Waals surface area contributed by atoms with Gasteiger partial charge in [0.1, 0.15) is 21.5 Å². The average Bonchev–Trinajstić information content (AvgIpc) is 2.19. The Hall–Kier alpha value is -0.720. The van der Waals surface area contributed by atoms with Crippen molar-refractivity contribution >= 4 is 21.4 Å². The molecule has 3 nitrogen and oxygen atoms in total. The molecule has 0 saturated heterocycles. The van der Waals surface area contributed by atoms with Crippen molar-refractivity contribution in [2.24, 2.45) is 5.73 Å². The predicted octanol–water partition coefficient (Wildman–Crippen LogP) is 2.05. The summed E-state index contributed by atoms with van der Waals surface area (Å²) in [5.74, 6) is -1.70. The number of halogens is 3. The fraction of sp³-hybridized carbons (Fsp3) is 0.400. The maximum atomic E-state index is 13.4. The van der Waals surface area contributed by atoms with E-state index in [-0.39, 0.29) is 22.8 Å². The van der Waals surface area contributed by atoms with Gasteiger partial charge >= 0.3 is 0 Å². The molecule has 0 heterocycles. The minimum Gasteiger partial charge on any atom is -0.324 e. The van der Waals surface area contributed by atoms with Crippen molar-refractivity contribution in [1.82, 2.24) is 0 Å². The van der Waals surface area contributed by atoms with Crippen LogP contribution in [0.4, 0.5) is 8.78 Å². The molecule has 0 aliphatic carbocycles. The van der Waals surface area contributed by atoms with Crippen molar-refractivity contribution in [3.05, 3.63) is 34.4 Å². The third kappa shape index (κ3) is 4.22. The molecule has 0 spiro atoms. The summed E-state index contributed by atoms with van der Waals surface area (Å²) >= 11 is 5.39. The molecule has 96 valence electrons. The normalized spacial score (nSPS) is 13.7. The lowest BCUT2D eigenvalue weighted by atomic mass is 10.0. The van der Waals surface area contributed by atoms with Crippen LogP contribution in [0, 0.1) is 11.6 Å². The van der Waals surface area contributed by atoms with E-state index in [2.05, 4.69) is 0 Å². The molecule has 0 bridgehead atoms. The first-order valence-electron chi connectivity index (χ1n) is 4.78. The molecule has 0 fully saturated rings. The molecule has 0 aliphatic heterocycles. The van der Waals surface area contributed by atoms with Gasteiger partial charge in [0.15, 0.2) is 0 Å². The van der Waals surface area contributed by atoms with E-state index in [1.54, 1.807) is 0 Å². The van der Waals surface area contributed by atoms with Crippen molar-refractivity contribution in [2.45, 2.75) is 12.5 Å². The van der Waals surface area contributed by atoms with Gasteiger partial charge in [0.2, 0.25) is 0 Å². The van der Waals surface area contributed by atoms with Gasteiger partial charge in [-0.1, -0.05) is 11.6 Å². The fourth-order valence-corrected chi connectivity index (χ4v) is 2.15. The van der Waals surface area contributed by atoms with E-state index in [0.717, 1.165) is 18.4 Å². The molecule has 1 atom stereocenters. The Morgan fingerprint density at radius 3 is 2.47 bits per heavy atom. The maximum absolute atomic E-state index is 13.4. The van der Waals surface area contributed by atoms with E-state index in [1.807, 2.05) is 0 Å². The Labute approximate surface area is 103 Å². The van der Waals surface area contributed by atoms with Gasteiger partial charge in [0, 0.05) is 17.9 Å². The molecule has 1 unspecified atom stereocenters. The molecular formula is C10H12ClF2NO2S. The molecule has 2 N–H and O–H groups in total. The quantitative estimate of drug-likeness (QED) is 0.861. The fourth-order valence-electron chi connectivity index (χ4n) is 1.32. The molecule has 0 aromatic heterocycles. The van der Waals surface area contributed by atoms with Crippen LogP contribution in [-0.4, -0.2) is 20.4 Å². The van der Waals surface area contributed by atoms with Gasteiger partial charge < -0.3 is 5.73 Å². The van der Waals surface area contributed by atoms with Crippen molar-refractivity contribution in [3.63, 3.8) is 0 Å². The first-order valence-corrected chi connectivity index (χ1v) is 7.22. The van der Waals surface area contributed by atoms with E-state index in [9.17, 15) is 17.2 Å². The molecule has 1 rings (SSSR count). The lowest BCUT2D eigenvalue weighted by molar-refractivity contribution is 0.552. The van der Waals surface area contributed by atoms with E-state index in [1.165, 1.54) is 0 Å². The standard InChI is InChI=1S/C10H12ClF2NO2S/c1-17(15,16)3-2-10(14)6-4-9(13)7(11)5-8(6)12/h4-5,10H,2-3,14H2,1H3. The first-order chi connectivity index (χ1) is 7.70. The molecule has 1 aromatic carbocycles. The number of sulfone groups is 1. The Balaban J connectivity index is 2.89. The molecule has 7 heteroatoms. The van der Waals surface area contributed by atoms with Crippen LogP contribution in [0.25, 0.3) is 0 Å². The molecule has 0 aliphatic rings. The second-order valence-corrected chi connectivity index (χ2v) is 6.48. The molecule has 17 heavy (non-hydrogen) atoms. The van der Waals surface area contributed by atoms with Crippen LogP contribution in [0.2, 0.25) is 5.02 Å². The summed E-state index contributed by atoms with van der Waals surface area (Å²) in [7, 11) is -3.18. The highest BCUT2D eigenvalue weighted by Gasteiger charge is 2.16. The summed E-state index contributed by atoms with van der Waals surface area (Å²) in [4.78, 5) is 0. The molecule has 1 aromatic rings. The Kier molecular flexibility index (Phi) is 4.46. The minimum absolute atomic E-state index is 0.0246. The highest BCUT2D eigenvalue weighted by molar-refractivity contribution is 7.90. The number of benzene rings is 1. The van der Waals surface area contributed by atoms with E-state index >= 15 is 0 Å². The highest BCUT2D eigenvalue weighted by Crippen LogP contribution is 2.24. The lowest BCUT2D eigenvalue weighted by Crippen LogP contribution is -2.17. The predicted molar refractivity (Wildman–Crippen MR) is 62.6 cm³/mol.